The van der Waals surface area contributed by atoms with Crippen LogP contribution >= 0.6 is 15.9 Å². The molecule has 0 bridgehead atoms. The number of unbranched alkanes of at least 4 members (excludes halogenated alkanes) is 11. The van der Waals surface area contributed by atoms with E-state index in [4.69, 9.17) is 9.47 Å². The van der Waals surface area contributed by atoms with Crippen LogP contribution in [-0.4, -0.2) is 25.8 Å². The Hall–Kier alpha value is 0.140. The lowest BCUT2D eigenvalue weighted by atomic mass is 10.0. The minimum atomic E-state index is -0.00473. The highest BCUT2D eigenvalue weighted by molar-refractivity contribution is 9.09. The summed E-state index contributed by atoms with van der Waals surface area (Å²) in [6, 6.07) is 0. The molecule has 0 saturated heterocycles. The zero-order valence-corrected chi connectivity index (χ0v) is 17.1. The third-order valence-corrected chi connectivity index (χ3v) is 4.74. The van der Waals surface area contributed by atoms with Crippen LogP contribution in [0.5, 0.6) is 0 Å². The van der Waals surface area contributed by atoms with Crippen molar-refractivity contribution in [3.8, 4) is 0 Å². The second-order valence-corrected chi connectivity index (χ2v) is 7.11. The number of rotatable bonds is 18. The lowest BCUT2D eigenvalue weighted by Crippen LogP contribution is -2.12. The van der Waals surface area contributed by atoms with Gasteiger partial charge in [-0.3, -0.25) is 0 Å². The number of halogens is 1. The summed E-state index contributed by atoms with van der Waals surface area (Å²) < 4.78 is 10.4. The molecule has 0 aliphatic carbocycles. The zero-order chi connectivity index (χ0) is 17.0. The number of alkyl halides is 1. The van der Waals surface area contributed by atoms with E-state index in [0.717, 1.165) is 11.8 Å². The molecule has 0 atom stereocenters. The van der Waals surface area contributed by atoms with E-state index in [2.05, 4.69) is 28.1 Å². The van der Waals surface area contributed by atoms with E-state index < -0.39 is 0 Å². The Bertz CT molecular complexity index is 240. The van der Waals surface area contributed by atoms with Gasteiger partial charge in [0.1, 0.15) is 0 Å². The number of methoxy groups -OCH3 is 2. The van der Waals surface area contributed by atoms with Gasteiger partial charge < -0.3 is 9.47 Å². The van der Waals surface area contributed by atoms with Gasteiger partial charge in [0.15, 0.2) is 6.29 Å². The molecule has 138 valence electrons. The van der Waals surface area contributed by atoms with Crippen molar-refractivity contribution >= 4 is 15.9 Å². The number of hydrogen-bond donors (Lipinski definition) is 0. The third-order valence-electron chi connectivity index (χ3n) is 4.28. The largest absolute Gasteiger partial charge is 0.356 e. The SMILES string of the molecule is COC(CCCCCCCCCCCCC/C=C\CCBr)OC. The van der Waals surface area contributed by atoms with E-state index in [-0.39, 0.29) is 6.29 Å². The lowest BCUT2D eigenvalue weighted by Gasteiger charge is -2.12. The maximum atomic E-state index is 5.20. The molecule has 0 N–H and O–H groups in total. The molecule has 0 aliphatic rings. The van der Waals surface area contributed by atoms with Crippen molar-refractivity contribution in [1.82, 2.24) is 0 Å². The van der Waals surface area contributed by atoms with Gasteiger partial charge in [-0.2, -0.15) is 0 Å². The van der Waals surface area contributed by atoms with Gasteiger partial charge in [0, 0.05) is 19.5 Å². The highest BCUT2D eigenvalue weighted by Crippen LogP contribution is 2.13. The number of ether oxygens (including phenoxy) is 2. The molecule has 0 rings (SSSR count). The van der Waals surface area contributed by atoms with E-state index in [0.29, 0.717) is 0 Å². The molecule has 23 heavy (non-hydrogen) atoms. The molecule has 0 radical (unpaired) electrons. The van der Waals surface area contributed by atoms with Crippen molar-refractivity contribution in [2.24, 2.45) is 0 Å². The Labute approximate surface area is 153 Å². The first-order valence-corrected chi connectivity index (χ1v) is 10.7. The molecular weight excluding hydrogens is 352 g/mol. The first-order chi connectivity index (χ1) is 11.3. The first kappa shape index (κ1) is 23.1. The van der Waals surface area contributed by atoms with E-state index in [1.54, 1.807) is 14.2 Å². The average Bonchev–Trinajstić information content (AvgIpc) is 2.58. The Kier molecular flexibility index (Phi) is 20.3. The van der Waals surface area contributed by atoms with Gasteiger partial charge in [-0.05, 0) is 32.1 Å². The van der Waals surface area contributed by atoms with Crippen molar-refractivity contribution in [2.45, 2.75) is 96.2 Å². The maximum Gasteiger partial charge on any atom is 0.156 e. The van der Waals surface area contributed by atoms with Crippen LogP contribution in [0.1, 0.15) is 89.9 Å². The zero-order valence-electron chi connectivity index (χ0n) is 15.5. The summed E-state index contributed by atoms with van der Waals surface area (Å²) in [6.45, 7) is 0. The Morgan fingerprint density at radius 2 is 1.09 bits per heavy atom. The van der Waals surface area contributed by atoms with Gasteiger partial charge in [0.25, 0.3) is 0 Å². The smallest absolute Gasteiger partial charge is 0.156 e. The normalized spacial score (nSPS) is 11.8. The Morgan fingerprint density at radius 3 is 1.57 bits per heavy atom. The highest BCUT2D eigenvalue weighted by atomic mass is 79.9. The van der Waals surface area contributed by atoms with Crippen LogP contribution in [0.4, 0.5) is 0 Å². The van der Waals surface area contributed by atoms with Crippen LogP contribution < -0.4 is 0 Å². The molecule has 0 aromatic rings. The van der Waals surface area contributed by atoms with Gasteiger partial charge in [-0.25, -0.2) is 0 Å². The van der Waals surface area contributed by atoms with Crippen LogP contribution in [0.25, 0.3) is 0 Å². The van der Waals surface area contributed by atoms with Crippen LogP contribution in [-0.2, 0) is 9.47 Å². The summed E-state index contributed by atoms with van der Waals surface area (Å²) in [5, 5.41) is 1.09. The van der Waals surface area contributed by atoms with Crippen LogP contribution in [0.3, 0.4) is 0 Å². The Morgan fingerprint density at radius 1 is 0.652 bits per heavy atom. The van der Waals surface area contributed by atoms with Crippen molar-refractivity contribution in [3.63, 3.8) is 0 Å². The highest BCUT2D eigenvalue weighted by Gasteiger charge is 2.03. The summed E-state index contributed by atoms with van der Waals surface area (Å²) >= 11 is 3.44. The molecular formula is C20H39BrO2. The molecule has 3 heteroatoms. The summed E-state index contributed by atoms with van der Waals surface area (Å²) in [6.07, 6.45) is 23.2. The summed E-state index contributed by atoms with van der Waals surface area (Å²) in [5.74, 6) is 0. The second kappa shape index (κ2) is 20.2. The quantitative estimate of drug-likeness (QED) is 0.108. The monoisotopic (exact) mass is 390 g/mol. The molecule has 0 saturated carbocycles. The minimum Gasteiger partial charge on any atom is -0.356 e. The lowest BCUT2D eigenvalue weighted by molar-refractivity contribution is -0.107. The van der Waals surface area contributed by atoms with Gasteiger partial charge in [0.05, 0.1) is 0 Å². The van der Waals surface area contributed by atoms with Crippen LogP contribution in [0.15, 0.2) is 12.2 Å². The predicted molar refractivity (Wildman–Crippen MR) is 105 cm³/mol. The molecule has 0 heterocycles. The molecule has 0 amide bonds. The van der Waals surface area contributed by atoms with Gasteiger partial charge in [-0.15, -0.1) is 0 Å². The molecule has 2 nitrogen and oxygen atoms in total. The maximum absolute atomic E-state index is 5.20. The number of allylic oxidation sites excluding steroid dienone is 2. The summed E-state index contributed by atoms with van der Waals surface area (Å²) in [5.41, 5.74) is 0. The first-order valence-electron chi connectivity index (χ1n) is 9.61. The molecule has 0 aliphatic heterocycles. The minimum absolute atomic E-state index is 0.00473. The average molecular weight is 391 g/mol. The second-order valence-electron chi connectivity index (χ2n) is 6.32. The third kappa shape index (κ3) is 18.3. The van der Waals surface area contributed by atoms with Crippen molar-refractivity contribution in [2.75, 3.05) is 19.5 Å². The van der Waals surface area contributed by atoms with Gasteiger partial charge >= 0.3 is 0 Å². The van der Waals surface area contributed by atoms with Crippen molar-refractivity contribution in [3.05, 3.63) is 12.2 Å². The van der Waals surface area contributed by atoms with Crippen LogP contribution in [0, 0.1) is 0 Å². The Balaban J connectivity index is 3.08. The molecule has 0 fully saturated rings. The van der Waals surface area contributed by atoms with Crippen molar-refractivity contribution in [1.29, 1.82) is 0 Å². The van der Waals surface area contributed by atoms with Crippen LogP contribution in [0.2, 0.25) is 0 Å². The van der Waals surface area contributed by atoms with E-state index in [9.17, 15) is 0 Å². The molecule has 0 spiro atoms. The predicted octanol–water partition coefficient (Wildman–Crippen LogP) is 7.02. The van der Waals surface area contributed by atoms with E-state index in [1.165, 1.54) is 83.5 Å². The molecule has 0 aromatic carbocycles. The van der Waals surface area contributed by atoms with Crippen molar-refractivity contribution < 1.29 is 9.47 Å². The van der Waals surface area contributed by atoms with Gasteiger partial charge in [0.2, 0.25) is 0 Å². The molecule has 0 unspecified atom stereocenters. The summed E-state index contributed by atoms with van der Waals surface area (Å²) in [4.78, 5) is 0. The number of hydrogen-bond acceptors (Lipinski definition) is 2. The van der Waals surface area contributed by atoms with E-state index >= 15 is 0 Å². The fourth-order valence-electron chi connectivity index (χ4n) is 2.79. The topological polar surface area (TPSA) is 18.5 Å². The standard InChI is InChI=1S/C20H39BrO2/c1-22-20(23-2)18-16-14-12-10-8-6-4-3-5-7-9-11-13-15-17-19-21/h13,15,20H,3-12,14,16-19H2,1-2H3/b15-13-. The van der Waals surface area contributed by atoms with E-state index in [1.807, 2.05) is 0 Å². The van der Waals surface area contributed by atoms with Gasteiger partial charge in [-0.1, -0.05) is 85.9 Å². The molecule has 0 aromatic heterocycles. The fraction of sp³-hybridized carbons (Fsp3) is 0.900. The summed E-state index contributed by atoms with van der Waals surface area (Å²) in [7, 11) is 3.44. The fourth-order valence-corrected chi connectivity index (χ4v) is 3.06.